The van der Waals surface area contributed by atoms with Crippen LogP contribution in [0.15, 0.2) is 55.1 Å². The lowest BCUT2D eigenvalue weighted by molar-refractivity contribution is -0.139. The second-order valence-corrected chi connectivity index (χ2v) is 11.2. The van der Waals surface area contributed by atoms with Crippen LogP contribution in [0, 0.1) is 0 Å². The van der Waals surface area contributed by atoms with Crippen molar-refractivity contribution in [2.75, 3.05) is 52.9 Å². The molecule has 0 amide bonds. The summed E-state index contributed by atoms with van der Waals surface area (Å²) in [5, 5.41) is 0. The van der Waals surface area contributed by atoms with Crippen molar-refractivity contribution in [1.82, 2.24) is 0 Å². The third-order valence-electron chi connectivity index (χ3n) is 5.82. The number of hydrogen-bond donors (Lipinski definition) is 0. The highest BCUT2D eigenvalue weighted by Crippen LogP contribution is 2.30. The molecular formula is C32H44O8. The molecule has 0 aromatic heterocycles. The van der Waals surface area contributed by atoms with Crippen molar-refractivity contribution in [2.24, 2.45) is 0 Å². The Balaban J connectivity index is 1.70. The Morgan fingerprint density at radius 1 is 0.675 bits per heavy atom. The Kier molecular flexibility index (Phi) is 13.2. The second-order valence-electron chi connectivity index (χ2n) is 11.2. The average molecular weight is 557 g/mol. The van der Waals surface area contributed by atoms with Gasteiger partial charge in [0.2, 0.25) is 0 Å². The van der Waals surface area contributed by atoms with Crippen LogP contribution in [0.1, 0.15) is 63.0 Å². The zero-order chi connectivity index (χ0) is 29.6. The van der Waals surface area contributed by atoms with E-state index in [9.17, 15) is 9.59 Å². The summed E-state index contributed by atoms with van der Waals surface area (Å²) in [7, 11) is 0. The van der Waals surface area contributed by atoms with E-state index in [-0.39, 0.29) is 43.2 Å². The second kappa shape index (κ2) is 16.0. The Labute approximate surface area is 238 Å². The molecule has 0 saturated carbocycles. The first-order valence-corrected chi connectivity index (χ1v) is 13.5. The fourth-order valence-corrected chi connectivity index (χ4v) is 3.46. The molecule has 0 aliphatic carbocycles. The van der Waals surface area contributed by atoms with Crippen LogP contribution in [0.4, 0.5) is 0 Å². The normalized spacial score (nSPS) is 11.6. The van der Waals surface area contributed by atoms with Gasteiger partial charge in [-0.15, -0.1) is 0 Å². The first-order valence-electron chi connectivity index (χ1n) is 13.5. The SMILES string of the molecule is C=CC(=O)OCCOCCOc1ccccc1OCCOCCOC(=O)c1cc(C(C)(C)C)cc(C(C)(C)C)c1. The minimum Gasteiger partial charge on any atom is -0.487 e. The van der Waals surface area contributed by atoms with E-state index in [1.54, 1.807) is 6.07 Å². The molecule has 220 valence electrons. The zero-order valence-electron chi connectivity index (χ0n) is 24.7. The van der Waals surface area contributed by atoms with Gasteiger partial charge in [-0.2, -0.15) is 0 Å². The summed E-state index contributed by atoms with van der Waals surface area (Å²) >= 11 is 0. The molecule has 8 nitrogen and oxygen atoms in total. The number of para-hydroxylation sites is 2. The van der Waals surface area contributed by atoms with Gasteiger partial charge in [0.25, 0.3) is 0 Å². The molecule has 0 spiro atoms. The molecule has 40 heavy (non-hydrogen) atoms. The molecule has 0 aliphatic heterocycles. The van der Waals surface area contributed by atoms with Crippen LogP contribution in [0.5, 0.6) is 11.5 Å². The van der Waals surface area contributed by atoms with Gasteiger partial charge in [0.1, 0.15) is 26.4 Å². The maximum atomic E-state index is 12.8. The van der Waals surface area contributed by atoms with Gasteiger partial charge in [0.05, 0.1) is 32.0 Å². The fraction of sp³-hybridized carbons (Fsp3) is 0.500. The van der Waals surface area contributed by atoms with Crippen LogP contribution < -0.4 is 9.47 Å². The molecule has 0 atom stereocenters. The number of ether oxygens (including phenoxy) is 6. The summed E-state index contributed by atoms with van der Waals surface area (Å²) in [6.07, 6.45) is 1.11. The first-order chi connectivity index (χ1) is 18.9. The minimum atomic E-state index is -0.479. The number of carbonyl (C=O) groups is 2. The Hall–Kier alpha value is -3.36. The molecule has 2 aromatic rings. The van der Waals surface area contributed by atoms with Crippen molar-refractivity contribution >= 4 is 11.9 Å². The maximum Gasteiger partial charge on any atom is 0.338 e. The van der Waals surface area contributed by atoms with E-state index in [1.807, 2.05) is 30.3 Å². The Bertz CT molecular complexity index is 1060. The summed E-state index contributed by atoms with van der Waals surface area (Å²) < 4.78 is 32.8. The van der Waals surface area contributed by atoms with Gasteiger partial charge in [-0.1, -0.05) is 66.3 Å². The number of hydrogen-bond acceptors (Lipinski definition) is 8. The van der Waals surface area contributed by atoms with Gasteiger partial charge in [0.15, 0.2) is 11.5 Å². The minimum absolute atomic E-state index is 0.0832. The number of carbonyl (C=O) groups excluding carboxylic acids is 2. The molecule has 0 saturated heterocycles. The van der Waals surface area contributed by atoms with Crippen LogP contribution in [0.25, 0.3) is 0 Å². The van der Waals surface area contributed by atoms with Gasteiger partial charge in [-0.25, -0.2) is 9.59 Å². The van der Waals surface area contributed by atoms with E-state index >= 15 is 0 Å². The monoisotopic (exact) mass is 556 g/mol. The highest BCUT2D eigenvalue weighted by Gasteiger charge is 2.22. The van der Waals surface area contributed by atoms with Gasteiger partial charge in [-0.3, -0.25) is 0 Å². The van der Waals surface area contributed by atoms with E-state index in [0.717, 1.165) is 17.2 Å². The molecule has 0 bridgehead atoms. The van der Waals surface area contributed by atoms with Crippen LogP contribution in [0.2, 0.25) is 0 Å². The summed E-state index contributed by atoms with van der Waals surface area (Å²) in [5.41, 5.74) is 2.59. The lowest BCUT2D eigenvalue weighted by Crippen LogP contribution is -2.19. The van der Waals surface area contributed by atoms with Gasteiger partial charge < -0.3 is 28.4 Å². The van der Waals surface area contributed by atoms with Gasteiger partial charge >= 0.3 is 11.9 Å². The molecule has 0 fully saturated rings. The predicted octanol–water partition coefficient (Wildman–Crippen LogP) is 5.66. The summed E-state index contributed by atoms with van der Waals surface area (Å²) in [6, 6.07) is 13.3. The van der Waals surface area contributed by atoms with E-state index in [2.05, 4.69) is 54.2 Å². The van der Waals surface area contributed by atoms with Crippen molar-refractivity contribution in [3.05, 3.63) is 71.8 Å². The zero-order valence-corrected chi connectivity index (χ0v) is 24.7. The fourth-order valence-electron chi connectivity index (χ4n) is 3.46. The quantitative estimate of drug-likeness (QED) is 0.149. The summed E-state index contributed by atoms with van der Waals surface area (Å²) in [6.45, 7) is 18.2. The first kappa shape index (κ1) is 32.8. The van der Waals surface area contributed by atoms with Crippen LogP contribution in [-0.2, 0) is 34.6 Å². The standard InChI is InChI=1S/C32H44O8/c1-8-29(33)39-19-15-35-13-17-37-27-11-9-10-12-28(27)38-18-14-36-16-20-40-30(34)24-21-25(31(2,3)4)23-26(22-24)32(5,6)7/h8-12,21-23H,1,13-20H2,2-7H3. The third kappa shape index (κ3) is 11.8. The van der Waals surface area contributed by atoms with Crippen molar-refractivity contribution in [2.45, 2.75) is 52.4 Å². The van der Waals surface area contributed by atoms with E-state index in [4.69, 9.17) is 28.4 Å². The molecule has 0 heterocycles. The average Bonchev–Trinajstić information content (AvgIpc) is 2.91. The van der Waals surface area contributed by atoms with Crippen molar-refractivity contribution in [1.29, 1.82) is 0 Å². The molecular weight excluding hydrogens is 512 g/mol. The highest BCUT2D eigenvalue weighted by atomic mass is 16.6. The van der Waals surface area contributed by atoms with Crippen molar-refractivity contribution in [3.63, 3.8) is 0 Å². The molecule has 0 radical (unpaired) electrons. The van der Waals surface area contributed by atoms with E-state index in [1.165, 1.54) is 0 Å². The summed E-state index contributed by atoms with van der Waals surface area (Å²) in [4.78, 5) is 23.7. The van der Waals surface area contributed by atoms with Crippen molar-refractivity contribution < 1.29 is 38.0 Å². The van der Waals surface area contributed by atoms with Crippen molar-refractivity contribution in [3.8, 4) is 11.5 Å². The van der Waals surface area contributed by atoms with Gasteiger partial charge in [-0.05, 0) is 46.2 Å². The number of benzene rings is 2. The number of rotatable bonds is 16. The molecule has 2 aromatic carbocycles. The van der Waals surface area contributed by atoms with E-state index in [0.29, 0.717) is 43.5 Å². The smallest absolute Gasteiger partial charge is 0.338 e. The van der Waals surface area contributed by atoms with Crippen LogP contribution >= 0.6 is 0 Å². The Morgan fingerprint density at radius 3 is 1.57 bits per heavy atom. The largest absolute Gasteiger partial charge is 0.487 e. The molecule has 0 unspecified atom stereocenters. The third-order valence-corrected chi connectivity index (χ3v) is 5.82. The molecule has 0 N–H and O–H groups in total. The molecule has 8 heteroatoms. The molecule has 0 aliphatic rings. The van der Waals surface area contributed by atoms with Gasteiger partial charge in [0, 0.05) is 6.08 Å². The maximum absolute atomic E-state index is 12.8. The van der Waals surface area contributed by atoms with Crippen LogP contribution in [-0.4, -0.2) is 64.8 Å². The summed E-state index contributed by atoms with van der Waals surface area (Å²) in [5.74, 6) is 0.341. The van der Waals surface area contributed by atoms with Crippen LogP contribution in [0.3, 0.4) is 0 Å². The highest BCUT2D eigenvalue weighted by molar-refractivity contribution is 5.90. The van der Waals surface area contributed by atoms with E-state index < -0.39 is 5.97 Å². The predicted molar refractivity (Wildman–Crippen MR) is 154 cm³/mol. The lowest BCUT2D eigenvalue weighted by Gasteiger charge is -2.25. The number of esters is 2. The Morgan fingerprint density at radius 2 is 1.12 bits per heavy atom. The lowest BCUT2D eigenvalue weighted by atomic mass is 9.79. The molecule has 2 rings (SSSR count). The topological polar surface area (TPSA) is 89.5 Å².